The average Bonchev–Trinajstić information content (AvgIpc) is 3.13. The minimum Gasteiger partial charge on any atom is -0.457 e. The lowest BCUT2D eigenvalue weighted by Crippen LogP contribution is -2.11. The molecule has 3 rings (SSSR count). The van der Waals surface area contributed by atoms with Crippen molar-refractivity contribution >= 4 is 17.3 Å². The Bertz CT molecular complexity index is 980. The third kappa shape index (κ3) is 4.49. The number of nitro groups is 1. The highest BCUT2D eigenvalue weighted by Gasteiger charge is 2.15. The third-order valence-electron chi connectivity index (χ3n) is 3.84. The standard InChI is InChI=1S/C19H18N4O4/c1-3-22-12-14(11-20-22)19(24)21-15-8-16(23(25)26)10-18(9-15)27-17-6-4-13(2)5-7-17/h4-12H,3H2,1-2H3,(H,21,24). The van der Waals surface area contributed by atoms with E-state index in [9.17, 15) is 14.9 Å². The normalized spacial score (nSPS) is 10.4. The molecule has 1 aromatic heterocycles. The summed E-state index contributed by atoms with van der Waals surface area (Å²) in [6.07, 6.45) is 3.05. The van der Waals surface area contributed by atoms with Crippen LogP contribution in [0.2, 0.25) is 0 Å². The van der Waals surface area contributed by atoms with E-state index in [1.165, 1.54) is 24.4 Å². The molecule has 0 aliphatic rings. The Hall–Kier alpha value is -3.68. The number of benzene rings is 2. The first-order valence-electron chi connectivity index (χ1n) is 8.32. The molecule has 0 saturated carbocycles. The topological polar surface area (TPSA) is 99.3 Å². The lowest BCUT2D eigenvalue weighted by Gasteiger charge is -2.09. The molecule has 27 heavy (non-hydrogen) atoms. The number of nitrogens with one attached hydrogen (secondary N) is 1. The summed E-state index contributed by atoms with van der Waals surface area (Å²) in [6, 6.07) is 11.4. The van der Waals surface area contributed by atoms with Crippen LogP contribution in [0.25, 0.3) is 0 Å². The maximum absolute atomic E-state index is 12.4. The van der Waals surface area contributed by atoms with Crippen molar-refractivity contribution in [3.8, 4) is 11.5 Å². The molecule has 1 N–H and O–H groups in total. The fourth-order valence-corrected chi connectivity index (χ4v) is 2.42. The van der Waals surface area contributed by atoms with Gasteiger partial charge in [0.1, 0.15) is 11.5 Å². The fourth-order valence-electron chi connectivity index (χ4n) is 2.42. The molecule has 3 aromatic rings. The van der Waals surface area contributed by atoms with Crippen LogP contribution in [0.15, 0.2) is 54.9 Å². The fraction of sp³-hybridized carbons (Fsp3) is 0.158. The van der Waals surface area contributed by atoms with Gasteiger partial charge in [0.05, 0.1) is 28.4 Å². The van der Waals surface area contributed by atoms with Crippen LogP contribution in [-0.4, -0.2) is 20.6 Å². The summed E-state index contributed by atoms with van der Waals surface area (Å²) in [6.45, 7) is 4.49. The second-order valence-corrected chi connectivity index (χ2v) is 5.93. The van der Waals surface area contributed by atoms with Gasteiger partial charge in [0.2, 0.25) is 0 Å². The Balaban J connectivity index is 1.85. The van der Waals surface area contributed by atoms with Gasteiger partial charge in [-0.25, -0.2) is 0 Å². The number of aryl methyl sites for hydroxylation is 2. The molecule has 138 valence electrons. The van der Waals surface area contributed by atoms with E-state index >= 15 is 0 Å². The van der Waals surface area contributed by atoms with Gasteiger partial charge >= 0.3 is 0 Å². The van der Waals surface area contributed by atoms with Gasteiger partial charge in [-0.05, 0) is 26.0 Å². The molecule has 8 heteroatoms. The lowest BCUT2D eigenvalue weighted by atomic mass is 10.2. The molecule has 0 radical (unpaired) electrons. The van der Waals surface area contributed by atoms with Crippen molar-refractivity contribution in [2.24, 2.45) is 0 Å². The van der Waals surface area contributed by atoms with Crippen LogP contribution in [0.3, 0.4) is 0 Å². The molecule has 2 aromatic carbocycles. The van der Waals surface area contributed by atoms with Gasteiger partial charge in [-0.3, -0.25) is 19.6 Å². The molecule has 1 amide bonds. The Kier molecular flexibility index (Phi) is 5.16. The van der Waals surface area contributed by atoms with E-state index in [0.717, 1.165) is 5.56 Å². The first kappa shape index (κ1) is 18.1. The number of hydrogen-bond donors (Lipinski definition) is 1. The highest BCUT2D eigenvalue weighted by molar-refractivity contribution is 6.04. The lowest BCUT2D eigenvalue weighted by molar-refractivity contribution is -0.384. The van der Waals surface area contributed by atoms with Gasteiger partial charge in [-0.15, -0.1) is 0 Å². The van der Waals surface area contributed by atoms with Crippen LogP contribution in [-0.2, 0) is 6.54 Å². The average molecular weight is 366 g/mol. The maximum atomic E-state index is 12.4. The SMILES string of the molecule is CCn1cc(C(=O)Nc2cc(Oc3ccc(C)cc3)cc([N+](=O)[O-])c2)cn1. The van der Waals surface area contributed by atoms with Gasteiger partial charge in [0, 0.05) is 24.9 Å². The van der Waals surface area contributed by atoms with Crippen molar-refractivity contribution in [3.05, 3.63) is 76.1 Å². The third-order valence-corrected chi connectivity index (χ3v) is 3.84. The Morgan fingerprint density at radius 2 is 1.96 bits per heavy atom. The molecule has 0 bridgehead atoms. The number of ether oxygens (including phenoxy) is 1. The van der Waals surface area contributed by atoms with Gasteiger partial charge in [-0.2, -0.15) is 5.10 Å². The van der Waals surface area contributed by atoms with Crippen molar-refractivity contribution in [2.75, 3.05) is 5.32 Å². The zero-order chi connectivity index (χ0) is 19.4. The smallest absolute Gasteiger partial charge is 0.275 e. The Morgan fingerprint density at radius 1 is 1.22 bits per heavy atom. The molecule has 0 atom stereocenters. The number of aromatic nitrogens is 2. The van der Waals surface area contributed by atoms with Gasteiger partial charge in [0.25, 0.3) is 11.6 Å². The van der Waals surface area contributed by atoms with Crippen molar-refractivity contribution in [1.82, 2.24) is 9.78 Å². The van der Waals surface area contributed by atoms with Crippen LogP contribution in [0.5, 0.6) is 11.5 Å². The molecular weight excluding hydrogens is 348 g/mol. The van der Waals surface area contributed by atoms with E-state index < -0.39 is 10.8 Å². The summed E-state index contributed by atoms with van der Waals surface area (Å²) in [5.74, 6) is 0.395. The summed E-state index contributed by atoms with van der Waals surface area (Å²) in [5, 5.41) is 17.9. The van der Waals surface area contributed by atoms with Gasteiger partial charge in [0.15, 0.2) is 0 Å². The number of carbonyl (C=O) groups excluding carboxylic acids is 1. The monoisotopic (exact) mass is 366 g/mol. The number of anilines is 1. The van der Waals surface area contributed by atoms with E-state index in [4.69, 9.17) is 4.74 Å². The number of non-ortho nitro benzene ring substituents is 1. The molecule has 0 spiro atoms. The number of rotatable bonds is 6. The predicted molar refractivity (Wildman–Crippen MR) is 100 cm³/mol. The summed E-state index contributed by atoms with van der Waals surface area (Å²) in [7, 11) is 0. The van der Waals surface area contributed by atoms with Crippen molar-refractivity contribution in [2.45, 2.75) is 20.4 Å². The Morgan fingerprint density at radius 3 is 2.59 bits per heavy atom. The quantitative estimate of drug-likeness (QED) is 0.521. The maximum Gasteiger partial charge on any atom is 0.275 e. The van der Waals surface area contributed by atoms with Crippen LogP contribution in [0.4, 0.5) is 11.4 Å². The molecule has 0 aliphatic heterocycles. The molecular formula is C19H18N4O4. The van der Waals surface area contributed by atoms with Gasteiger partial charge in [-0.1, -0.05) is 17.7 Å². The van der Waals surface area contributed by atoms with Crippen molar-refractivity contribution < 1.29 is 14.5 Å². The second kappa shape index (κ2) is 7.69. The number of nitro benzene ring substituents is 1. The van der Waals surface area contributed by atoms with Crippen molar-refractivity contribution in [1.29, 1.82) is 0 Å². The molecule has 0 fully saturated rings. The van der Waals surface area contributed by atoms with E-state index in [1.807, 2.05) is 26.0 Å². The van der Waals surface area contributed by atoms with Crippen LogP contribution in [0, 0.1) is 17.0 Å². The minimum absolute atomic E-state index is 0.181. The zero-order valence-corrected chi connectivity index (χ0v) is 14.9. The summed E-state index contributed by atoms with van der Waals surface area (Å²) < 4.78 is 7.32. The predicted octanol–water partition coefficient (Wildman–Crippen LogP) is 4.16. The molecule has 1 heterocycles. The molecule has 0 aliphatic carbocycles. The number of carbonyl (C=O) groups is 1. The first-order valence-corrected chi connectivity index (χ1v) is 8.32. The van der Waals surface area contributed by atoms with Crippen LogP contribution in [0.1, 0.15) is 22.8 Å². The summed E-state index contributed by atoms with van der Waals surface area (Å²) >= 11 is 0. The first-order chi connectivity index (χ1) is 12.9. The highest BCUT2D eigenvalue weighted by Crippen LogP contribution is 2.30. The van der Waals surface area contributed by atoms with Crippen LogP contribution >= 0.6 is 0 Å². The largest absolute Gasteiger partial charge is 0.457 e. The summed E-state index contributed by atoms with van der Waals surface area (Å²) in [5.41, 5.74) is 1.52. The van der Waals surface area contributed by atoms with Crippen LogP contribution < -0.4 is 10.1 Å². The zero-order valence-electron chi connectivity index (χ0n) is 14.9. The van der Waals surface area contributed by atoms with E-state index in [-0.39, 0.29) is 17.1 Å². The summed E-state index contributed by atoms with van der Waals surface area (Å²) in [4.78, 5) is 23.0. The van der Waals surface area contributed by atoms with E-state index in [2.05, 4.69) is 10.4 Å². The second-order valence-electron chi connectivity index (χ2n) is 5.93. The van der Waals surface area contributed by atoms with Gasteiger partial charge < -0.3 is 10.1 Å². The Labute approximate surface area is 155 Å². The molecule has 8 nitrogen and oxygen atoms in total. The minimum atomic E-state index is -0.535. The highest BCUT2D eigenvalue weighted by atomic mass is 16.6. The number of hydrogen-bond acceptors (Lipinski definition) is 5. The van der Waals surface area contributed by atoms with Crippen molar-refractivity contribution in [3.63, 3.8) is 0 Å². The number of amides is 1. The molecule has 0 unspecified atom stereocenters. The van der Waals surface area contributed by atoms with E-state index in [0.29, 0.717) is 17.9 Å². The van der Waals surface area contributed by atoms with E-state index in [1.54, 1.807) is 23.0 Å². The number of nitrogens with zero attached hydrogens (tertiary/aromatic N) is 3. The molecule has 0 saturated heterocycles.